The third kappa shape index (κ3) is 3.40. The highest BCUT2D eigenvalue weighted by atomic mass is 35.5. The highest BCUT2D eigenvalue weighted by molar-refractivity contribution is 7.89. The number of halogens is 1. The van der Waals surface area contributed by atoms with Crippen molar-refractivity contribution in [3.63, 3.8) is 0 Å². The molecule has 1 heterocycles. The van der Waals surface area contributed by atoms with Crippen molar-refractivity contribution < 1.29 is 22.7 Å². The van der Waals surface area contributed by atoms with Crippen LogP contribution >= 0.6 is 11.6 Å². The molecular weight excluding hydrogens is 332 g/mol. The quantitative estimate of drug-likeness (QED) is 0.821. The second-order valence-corrected chi connectivity index (χ2v) is 6.58. The van der Waals surface area contributed by atoms with Gasteiger partial charge in [0.2, 0.25) is 15.9 Å². The van der Waals surface area contributed by atoms with Gasteiger partial charge in [0, 0.05) is 5.56 Å². The number of hydrogen-bond acceptors (Lipinski definition) is 6. The van der Waals surface area contributed by atoms with Gasteiger partial charge in [-0.25, -0.2) is 23.3 Å². The molecule has 0 bridgehead atoms. The van der Waals surface area contributed by atoms with Crippen molar-refractivity contribution in [3.05, 3.63) is 28.8 Å². The Morgan fingerprint density at radius 2 is 2.18 bits per heavy atom. The summed E-state index contributed by atoms with van der Waals surface area (Å²) in [6.07, 6.45) is -0.511. The van der Waals surface area contributed by atoms with Gasteiger partial charge in [0.25, 0.3) is 0 Å². The fourth-order valence-electron chi connectivity index (χ4n) is 1.97. The Balaban J connectivity index is 2.37. The van der Waals surface area contributed by atoms with Crippen LogP contribution in [0.3, 0.4) is 0 Å². The second kappa shape index (κ2) is 6.23. The van der Waals surface area contributed by atoms with Crippen LogP contribution in [-0.4, -0.2) is 39.0 Å². The predicted molar refractivity (Wildman–Crippen MR) is 80.3 cm³/mol. The van der Waals surface area contributed by atoms with Crippen LogP contribution in [0, 0.1) is 0 Å². The lowest BCUT2D eigenvalue weighted by molar-refractivity contribution is -0.145. The first-order chi connectivity index (χ1) is 10.2. The van der Waals surface area contributed by atoms with E-state index in [0.29, 0.717) is 5.56 Å². The minimum absolute atomic E-state index is 0.000150. The van der Waals surface area contributed by atoms with E-state index < -0.39 is 28.1 Å². The Morgan fingerprint density at radius 1 is 1.50 bits per heavy atom. The first-order valence-electron chi connectivity index (χ1n) is 6.48. The summed E-state index contributed by atoms with van der Waals surface area (Å²) in [4.78, 5) is 15.7. The largest absolute Gasteiger partial charge is 0.472 e. The first-order valence-corrected chi connectivity index (χ1v) is 8.40. The summed E-state index contributed by atoms with van der Waals surface area (Å²) in [6, 6.07) is 3.39. The molecule has 22 heavy (non-hydrogen) atoms. The Labute approximate surface area is 133 Å². The normalized spacial score (nSPS) is 21.2. The van der Waals surface area contributed by atoms with Crippen LogP contribution in [0.2, 0.25) is 5.02 Å². The molecular formula is C13H15ClN2O5S. The van der Waals surface area contributed by atoms with Crippen LogP contribution in [-0.2, 0) is 24.3 Å². The maximum Gasteiger partial charge on any atom is 0.334 e. The Morgan fingerprint density at radius 3 is 2.77 bits per heavy atom. The van der Waals surface area contributed by atoms with Crippen LogP contribution in [0.5, 0.6) is 0 Å². The standard InChI is InChI=1S/C13H15ClN2O5S/c1-3-20-13(17)11-7(2)21-12(16-11)8-4-5-9(14)10(6-8)22(15,18)19/h4-7,11H,3H2,1-2H3,(H2,15,18,19). The highest BCUT2D eigenvalue weighted by Gasteiger charge is 2.35. The maximum atomic E-state index is 11.8. The second-order valence-electron chi connectivity index (χ2n) is 4.64. The van der Waals surface area contributed by atoms with Crippen molar-refractivity contribution in [1.29, 1.82) is 0 Å². The summed E-state index contributed by atoms with van der Waals surface area (Å²) >= 11 is 5.82. The van der Waals surface area contributed by atoms with Crippen molar-refractivity contribution in [2.45, 2.75) is 30.9 Å². The Hall–Kier alpha value is -1.64. The maximum absolute atomic E-state index is 11.8. The lowest BCUT2D eigenvalue weighted by Crippen LogP contribution is -2.29. The number of ether oxygens (including phenoxy) is 2. The molecule has 0 aromatic heterocycles. The average molecular weight is 347 g/mol. The number of hydrogen-bond donors (Lipinski definition) is 1. The molecule has 2 unspecified atom stereocenters. The van der Waals surface area contributed by atoms with Gasteiger partial charge in [0.15, 0.2) is 6.04 Å². The molecule has 2 rings (SSSR count). The fraction of sp³-hybridized carbons (Fsp3) is 0.385. The molecule has 9 heteroatoms. The smallest absolute Gasteiger partial charge is 0.334 e. The molecule has 0 aliphatic carbocycles. The van der Waals surface area contributed by atoms with Crippen LogP contribution in [0.15, 0.2) is 28.1 Å². The van der Waals surface area contributed by atoms with Crippen LogP contribution in [0.25, 0.3) is 0 Å². The molecule has 7 nitrogen and oxygen atoms in total. The molecule has 2 N–H and O–H groups in total. The number of aliphatic imine (C=N–C) groups is 1. The zero-order valence-corrected chi connectivity index (χ0v) is 13.5. The number of carbonyl (C=O) groups excluding carboxylic acids is 1. The molecule has 0 fully saturated rings. The molecule has 1 aliphatic heterocycles. The molecule has 1 aromatic carbocycles. The third-order valence-corrected chi connectivity index (χ3v) is 4.40. The van der Waals surface area contributed by atoms with E-state index in [4.69, 9.17) is 26.2 Å². The Bertz CT molecular complexity index is 732. The molecule has 1 aromatic rings. The summed E-state index contributed by atoms with van der Waals surface area (Å²) < 4.78 is 33.4. The zero-order valence-electron chi connectivity index (χ0n) is 11.9. The molecule has 0 saturated carbocycles. The van der Waals surface area contributed by atoms with E-state index in [9.17, 15) is 13.2 Å². The van der Waals surface area contributed by atoms with E-state index in [1.54, 1.807) is 13.8 Å². The summed E-state index contributed by atoms with van der Waals surface area (Å²) in [7, 11) is -3.97. The number of esters is 1. The molecule has 0 amide bonds. The van der Waals surface area contributed by atoms with Gasteiger partial charge in [-0.05, 0) is 32.0 Å². The van der Waals surface area contributed by atoms with Gasteiger partial charge >= 0.3 is 5.97 Å². The number of rotatable bonds is 4. The van der Waals surface area contributed by atoms with Crippen LogP contribution in [0.4, 0.5) is 0 Å². The van der Waals surface area contributed by atoms with Gasteiger partial charge in [-0.2, -0.15) is 0 Å². The first kappa shape index (κ1) is 16.7. The van der Waals surface area contributed by atoms with Gasteiger partial charge in [0.1, 0.15) is 11.0 Å². The van der Waals surface area contributed by atoms with E-state index in [1.165, 1.54) is 18.2 Å². The number of nitrogens with zero attached hydrogens (tertiary/aromatic N) is 1. The van der Waals surface area contributed by atoms with Crippen molar-refractivity contribution in [2.75, 3.05) is 6.61 Å². The van der Waals surface area contributed by atoms with Crippen molar-refractivity contribution in [1.82, 2.24) is 0 Å². The minimum Gasteiger partial charge on any atom is -0.472 e. The summed E-state index contributed by atoms with van der Waals surface area (Å²) in [5.41, 5.74) is 0.368. The third-order valence-electron chi connectivity index (χ3n) is 3.01. The minimum atomic E-state index is -3.97. The van der Waals surface area contributed by atoms with E-state index in [2.05, 4.69) is 4.99 Å². The molecule has 0 saturated heterocycles. The van der Waals surface area contributed by atoms with Crippen molar-refractivity contribution in [2.24, 2.45) is 10.1 Å². The lowest BCUT2D eigenvalue weighted by atomic mass is 10.2. The number of primary sulfonamides is 1. The molecule has 0 radical (unpaired) electrons. The SMILES string of the molecule is CCOC(=O)C1N=C(c2ccc(Cl)c(S(N)(=O)=O)c2)OC1C. The van der Waals surface area contributed by atoms with E-state index in [-0.39, 0.29) is 22.4 Å². The van der Waals surface area contributed by atoms with Gasteiger partial charge in [-0.15, -0.1) is 0 Å². The monoisotopic (exact) mass is 346 g/mol. The Kier molecular flexibility index (Phi) is 4.74. The van der Waals surface area contributed by atoms with Crippen molar-refractivity contribution in [3.8, 4) is 0 Å². The average Bonchev–Trinajstić information content (AvgIpc) is 2.80. The number of nitrogens with two attached hydrogens (primary N) is 1. The number of carbonyl (C=O) groups is 1. The van der Waals surface area contributed by atoms with Crippen LogP contribution < -0.4 is 5.14 Å². The summed E-state index contributed by atoms with van der Waals surface area (Å²) in [6.45, 7) is 3.61. The molecule has 120 valence electrons. The predicted octanol–water partition coefficient (Wildman–Crippen LogP) is 1.08. The van der Waals surface area contributed by atoms with Gasteiger partial charge in [-0.1, -0.05) is 11.6 Å². The molecule has 0 spiro atoms. The fourth-order valence-corrected chi connectivity index (χ4v) is 3.04. The van der Waals surface area contributed by atoms with Gasteiger partial charge in [0.05, 0.1) is 11.6 Å². The zero-order chi connectivity index (χ0) is 16.5. The summed E-state index contributed by atoms with van der Waals surface area (Å²) in [5.74, 6) is -0.349. The topological polar surface area (TPSA) is 108 Å². The summed E-state index contributed by atoms with van der Waals surface area (Å²) in [5, 5.41) is 5.10. The van der Waals surface area contributed by atoms with Gasteiger partial charge in [-0.3, -0.25) is 0 Å². The van der Waals surface area contributed by atoms with E-state index in [0.717, 1.165) is 0 Å². The highest BCUT2D eigenvalue weighted by Crippen LogP contribution is 2.25. The van der Waals surface area contributed by atoms with Gasteiger partial charge < -0.3 is 9.47 Å². The number of benzene rings is 1. The van der Waals surface area contributed by atoms with E-state index in [1.807, 2.05) is 0 Å². The molecule has 1 aliphatic rings. The van der Waals surface area contributed by atoms with E-state index >= 15 is 0 Å². The van der Waals surface area contributed by atoms with Crippen LogP contribution in [0.1, 0.15) is 19.4 Å². The molecule has 2 atom stereocenters. The van der Waals surface area contributed by atoms with Crippen molar-refractivity contribution >= 4 is 33.5 Å². The lowest BCUT2D eigenvalue weighted by Gasteiger charge is -2.11. The number of sulfonamides is 1.